The Labute approximate surface area is 91.6 Å². The standard InChI is InChI=1S/C11H22N2S/c1-9(10-2-3-10)6-12-7-11-8-14-5-4-13-11/h9-13H,2-8H2,1H3. The Morgan fingerprint density at radius 1 is 1.50 bits per heavy atom. The quantitative estimate of drug-likeness (QED) is 0.722. The van der Waals surface area contributed by atoms with E-state index in [1.807, 2.05) is 0 Å². The predicted octanol–water partition coefficient (Wildman–Crippen LogP) is 1.33. The van der Waals surface area contributed by atoms with Crippen molar-refractivity contribution in [3.8, 4) is 0 Å². The van der Waals surface area contributed by atoms with Gasteiger partial charge in [-0.2, -0.15) is 11.8 Å². The van der Waals surface area contributed by atoms with E-state index >= 15 is 0 Å². The molecule has 82 valence electrons. The number of hydrogen-bond acceptors (Lipinski definition) is 3. The molecule has 2 nitrogen and oxygen atoms in total. The van der Waals surface area contributed by atoms with Gasteiger partial charge in [-0.25, -0.2) is 0 Å². The van der Waals surface area contributed by atoms with E-state index in [-0.39, 0.29) is 0 Å². The van der Waals surface area contributed by atoms with E-state index < -0.39 is 0 Å². The van der Waals surface area contributed by atoms with Crippen LogP contribution < -0.4 is 10.6 Å². The molecule has 3 heteroatoms. The van der Waals surface area contributed by atoms with Gasteiger partial charge in [0.25, 0.3) is 0 Å². The largest absolute Gasteiger partial charge is 0.315 e. The molecular formula is C11H22N2S. The first-order chi connectivity index (χ1) is 6.86. The van der Waals surface area contributed by atoms with Crippen molar-refractivity contribution >= 4 is 11.8 Å². The van der Waals surface area contributed by atoms with Crippen LogP contribution in [0.25, 0.3) is 0 Å². The Balaban J connectivity index is 1.52. The fraction of sp³-hybridized carbons (Fsp3) is 1.00. The van der Waals surface area contributed by atoms with E-state index in [1.165, 1.54) is 37.4 Å². The maximum atomic E-state index is 3.60. The summed E-state index contributed by atoms with van der Waals surface area (Å²) in [6, 6.07) is 0.708. The SMILES string of the molecule is CC(CNCC1CSCCN1)C1CC1. The molecule has 0 spiro atoms. The van der Waals surface area contributed by atoms with Crippen molar-refractivity contribution in [1.29, 1.82) is 0 Å². The molecule has 0 bridgehead atoms. The third-order valence-electron chi connectivity index (χ3n) is 3.28. The second-order valence-corrected chi connectivity index (χ2v) is 5.85. The lowest BCUT2D eigenvalue weighted by Gasteiger charge is -2.24. The molecule has 14 heavy (non-hydrogen) atoms. The zero-order valence-electron chi connectivity index (χ0n) is 9.09. The zero-order chi connectivity index (χ0) is 9.80. The average Bonchev–Trinajstić information content (AvgIpc) is 3.02. The average molecular weight is 214 g/mol. The molecule has 1 heterocycles. The van der Waals surface area contributed by atoms with E-state index in [2.05, 4.69) is 29.3 Å². The van der Waals surface area contributed by atoms with E-state index in [1.54, 1.807) is 0 Å². The van der Waals surface area contributed by atoms with Gasteiger partial charge >= 0.3 is 0 Å². The lowest BCUT2D eigenvalue weighted by molar-refractivity contribution is 0.434. The van der Waals surface area contributed by atoms with E-state index in [9.17, 15) is 0 Å². The van der Waals surface area contributed by atoms with Crippen LogP contribution in [-0.4, -0.2) is 37.2 Å². The van der Waals surface area contributed by atoms with Gasteiger partial charge in [-0.3, -0.25) is 0 Å². The summed E-state index contributed by atoms with van der Waals surface area (Å²) in [6.45, 7) is 5.94. The maximum Gasteiger partial charge on any atom is 0.0283 e. The Hall–Kier alpha value is 0.270. The molecule has 0 aromatic rings. The van der Waals surface area contributed by atoms with Crippen LogP contribution in [-0.2, 0) is 0 Å². The van der Waals surface area contributed by atoms with Crippen molar-refractivity contribution in [2.24, 2.45) is 11.8 Å². The Morgan fingerprint density at radius 2 is 2.36 bits per heavy atom. The van der Waals surface area contributed by atoms with Crippen LogP contribution in [0.2, 0.25) is 0 Å². The summed E-state index contributed by atoms with van der Waals surface area (Å²) < 4.78 is 0. The monoisotopic (exact) mass is 214 g/mol. The third kappa shape index (κ3) is 3.44. The van der Waals surface area contributed by atoms with Gasteiger partial charge in [-0.05, 0) is 31.2 Å². The summed E-state index contributed by atoms with van der Waals surface area (Å²) in [4.78, 5) is 0. The molecular weight excluding hydrogens is 192 g/mol. The van der Waals surface area contributed by atoms with Gasteiger partial charge in [0.1, 0.15) is 0 Å². The fourth-order valence-corrected chi connectivity index (χ4v) is 3.02. The number of hydrogen-bond donors (Lipinski definition) is 2. The maximum absolute atomic E-state index is 3.60. The summed E-state index contributed by atoms with van der Waals surface area (Å²) in [7, 11) is 0. The minimum Gasteiger partial charge on any atom is -0.315 e. The first-order valence-corrected chi connectivity index (χ1v) is 7.03. The van der Waals surface area contributed by atoms with E-state index in [0.717, 1.165) is 18.4 Å². The number of thioether (sulfide) groups is 1. The summed E-state index contributed by atoms with van der Waals surface area (Å²) in [6.07, 6.45) is 2.95. The molecule has 1 aliphatic carbocycles. The van der Waals surface area contributed by atoms with Crippen LogP contribution in [0.4, 0.5) is 0 Å². The normalized spacial score (nSPS) is 30.2. The van der Waals surface area contributed by atoms with Crippen molar-refractivity contribution in [2.45, 2.75) is 25.8 Å². The molecule has 2 fully saturated rings. The topological polar surface area (TPSA) is 24.1 Å². The van der Waals surface area contributed by atoms with Crippen LogP contribution in [0.15, 0.2) is 0 Å². The van der Waals surface area contributed by atoms with E-state index in [4.69, 9.17) is 0 Å². The minimum absolute atomic E-state index is 0.708. The molecule has 2 rings (SSSR count). The highest BCUT2D eigenvalue weighted by Crippen LogP contribution is 2.35. The highest BCUT2D eigenvalue weighted by Gasteiger charge is 2.27. The van der Waals surface area contributed by atoms with Gasteiger partial charge in [0, 0.05) is 30.6 Å². The molecule has 2 aliphatic rings. The molecule has 1 aliphatic heterocycles. The summed E-state index contributed by atoms with van der Waals surface area (Å²) in [5.41, 5.74) is 0. The molecule has 2 atom stereocenters. The van der Waals surface area contributed by atoms with Crippen molar-refractivity contribution in [2.75, 3.05) is 31.1 Å². The predicted molar refractivity (Wildman–Crippen MR) is 63.9 cm³/mol. The molecule has 0 aromatic heterocycles. The molecule has 1 saturated heterocycles. The Bertz CT molecular complexity index is 165. The highest BCUT2D eigenvalue weighted by molar-refractivity contribution is 7.99. The van der Waals surface area contributed by atoms with Gasteiger partial charge < -0.3 is 10.6 Å². The van der Waals surface area contributed by atoms with Crippen LogP contribution in [0.3, 0.4) is 0 Å². The first-order valence-electron chi connectivity index (χ1n) is 5.88. The molecule has 0 radical (unpaired) electrons. The van der Waals surface area contributed by atoms with Crippen LogP contribution in [0, 0.1) is 11.8 Å². The van der Waals surface area contributed by atoms with Gasteiger partial charge in [0.15, 0.2) is 0 Å². The smallest absolute Gasteiger partial charge is 0.0283 e. The van der Waals surface area contributed by atoms with Crippen LogP contribution >= 0.6 is 11.8 Å². The number of nitrogens with one attached hydrogen (secondary N) is 2. The lowest BCUT2D eigenvalue weighted by atomic mass is 10.1. The second kappa shape index (κ2) is 5.38. The molecule has 2 unspecified atom stereocenters. The summed E-state index contributed by atoms with van der Waals surface area (Å²) in [5, 5.41) is 7.15. The van der Waals surface area contributed by atoms with E-state index in [0.29, 0.717) is 6.04 Å². The van der Waals surface area contributed by atoms with Crippen molar-refractivity contribution in [3.05, 3.63) is 0 Å². The highest BCUT2D eigenvalue weighted by atomic mass is 32.2. The van der Waals surface area contributed by atoms with Crippen LogP contribution in [0.1, 0.15) is 19.8 Å². The molecule has 1 saturated carbocycles. The van der Waals surface area contributed by atoms with Crippen LogP contribution in [0.5, 0.6) is 0 Å². The fourth-order valence-electron chi connectivity index (χ4n) is 2.07. The van der Waals surface area contributed by atoms with Gasteiger partial charge in [-0.15, -0.1) is 0 Å². The molecule has 2 N–H and O–H groups in total. The first kappa shape index (κ1) is 10.8. The van der Waals surface area contributed by atoms with Gasteiger partial charge in [0.05, 0.1) is 0 Å². The second-order valence-electron chi connectivity index (χ2n) is 4.70. The van der Waals surface area contributed by atoms with Gasteiger partial charge in [-0.1, -0.05) is 6.92 Å². The third-order valence-corrected chi connectivity index (χ3v) is 4.41. The molecule has 0 aromatic carbocycles. The summed E-state index contributed by atoms with van der Waals surface area (Å²) >= 11 is 2.08. The van der Waals surface area contributed by atoms with Crippen molar-refractivity contribution < 1.29 is 0 Å². The van der Waals surface area contributed by atoms with Crippen molar-refractivity contribution in [1.82, 2.24) is 10.6 Å². The van der Waals surface area contributed by atoms with Crippen molar-refractivity contribution in [3.63, 3.8) is 0 Å². The zero-order valence-corrected chi connectivity index (χ0v) is 9.91. The lowest BCUT2D eigenvalue weighted by Crippen LogP contribution is -2.45. The number of rotatable bonds is 5. The summed E-state index contributed by atoms with van der Waals surface area (Å²) in [5.74, 6) is 4.50. The molecule has 0 amide bonds. The Kier molecular flexibility index (Phi) is 4.14. The Morgan fingerprint density at radius 3 is 3.00 bits per heavy atom. The van der Waals surface area contributed by atoms with Gasteiger partial charge in [0.2, 0.25) is 0 Å². The minimum atomic E-state index is 0.708.